The summed E-state index contributed by atoms with van der Waals surface area (Å²) in [6, 6.07) is 53.9. The molecule has 63 heavy (non-hydrogen) atoms. The smallest absolute Gasteiger partial charge is 0.333 e. The van der Waals surface area contributed by atoms with Gasteiger partial charge in [0.2, 0.25) is 0 Å². The molecule has 0 bridgehead atoms. The normalized spacial score (nSPS) is 15.5. The van der Waals surface area contributed by atoms with Crippen LogP contribution in [0.1, 0.15) is 104 Å². The van der Waals surface area contributed by atoms with E-state index >= 15 is 0 Å². The van der Waals surface area contributed by atoms with Gasteiger partial charge in [0.25, 0.3) is 0 Å². The topological polar surface area (TPSA) is 13.1 Å². The lowest BCUT2D eigenvalue weighted by molar-refractivity contribution is 0.588. The highest BCUT2D eigenvalue weighted by atomic mass is 15.2. The van der Waals surface area contributed by atoms with Gasteiger partial charge in [0.15, 0.2) is 0 Å². The number of anilines is 2. The van der Waals surface area contributed by atoms with E-state index in [9.17, 15) is 0 Å². The van der Waals surface area contributed by atoms with Gasteiger partial charge < -0.3 is 13.9 Å². The Morgan fingerprint density at radius 3 is 1.78 bits per heavy atom. The van der Waals surface area contributed by atoms with E-state index in [4.69, 9.17) is 0 Å². The van der Waals surface area contributed by atoms with Crippen molar-refractivity contribution in [1.82, 2.24) is 9.05 Å². The Balaban J connectivity index is 1.29. The maximum atomic E-state index is 2.79. The lowest BCUT2D eigenvalue weighted by Gasteiger charge is -2.44. The minimum atomic E-state index is -0.265. The van der Waals surface area contributed by atoms with Crippen molar-refractivity contribution >= 4 is 72.8 Å². The van der Waals surface area contributed by atoms with Gasteiger partial charge in [-0.15, -0.1) is 0 Å². The summed E-state index contributed by atoms with van der Waals surface area (Å²) in [5.41, 5.74) is 22.2. The Morgan fingerprint density at radius 1 is 0.460 bits per heavy atom. The van der Waals surface area contributed by atoms with Gasteiger partial charge in [0.05, 0.1) is 11.0 Å². The molecule has 0 amide bonds. The predicted octanol–water partition coefficient (Wildman–Crippen LogP) is 14.9. The summed E-state index contributed by atoms with van der Waals surface area (Å²) in [5, 5.41) is 5.20. The monoisotopic (exact) mass is 817 g/mol. The van der Waals surface area contributed by atoms with Crippen molar-refractivity contribution in [3.8, 4) is 16.8 Å². The van der Waals surface area contributed by atoms with Gasteiger partial charge in [-0.25, -0.2) is 0 Å². The molecule has 4 heteroatoms. The molecule has 3 nitrogen and oxygen atoms in total. The Morgan fingerprint density at radius 2 is 1.06 bits per heavy atom. The van der Waals surface area contributed by atoms with E-state index < -0.39 is 0 Å². The van der Waals surface area contributed by atoms with Crippen LogP contribution in [-0.4, -0.2) is 15.9 Å². The van der Waals surface area contributed by atoms with Crippen LogP contribution in [0, 0.1) is 0 Å². The first-order chi connectivity index (χ1) is 29.9. The van der Waals surface area contributed by atoms with Gasteiger partial charge in [0, 0.05) is 66.3 Å². The van der Waals surface area contributed by atoms with Crippen LogP contribution in [0.5, 0.6) is 0 Å². The van der Waals surface area contributed by atoms with Gasteiger partial charge in [-0.1, -0.05) is 155 Å². The van der Waals surface area contributed by atoms with E-state index in [0.29, 0.717) is 0 Å². The fraction of sp³-hybridized carbons (Fsp3) is 0.254. The predicted molar refractivity (Wildman–Crippen MR) is 271 cm³/mol. The summed E-state index contributed by atoms with van der Waals surface area (Å²) >= 11 is 0. The summed E-state index contributed by atoms with van der Waals surface area (Å²) in [4.78, 5) is 2.68. The molecule has 310 valence electrons. The molecular formula is C59H56BN3. The van der Waals surface area contributed by atoms with E-state index in [2.05, 4.69) is 230 Å². The highest BCUT2D eigenvalue weighted by Crippen LogP contribution is 2.57. The lowest BCUT2D eigenvalue weighted by Crippen LogP contribution is -2.50. The Bertz CT molecular complexity index is 3460. The Hall–Kier alpha value is -6.26. The minimum Gasteiger partial charge on any atom is -0.375 e. The van der Waals surface area contributed by atoms with Crippen molar-refractivity contribution in [2.75, 3.05) is 4.90 Å². The molecule has 0 unspecified atom stereocenters. The van der Waals surface area contributed by atoms with Crippen LogP contribution in [0.15, 0.2) is 145 Å². The van der Waals surface area contributed by atoms with Crippen LogP contribution in [0.25, 0.3) is 65.9 Å². The van der Waals surface area contributed by atoms with Crippen LogP contribution >= 0.6 is 0 Å². The number of rotatable bonds is 2. The molecule has 2 aromatic heterocycles. The molecule has 4 heterocycles. The van der Waals surface area contributed by atoms with Crippen LogP contribution in [0.2, 0.25) is 0 Å². The number of fused-ring (bicyclic) bond motifs is 11. The number of para-hydroxylation sites is 2. The van der Waals surface area contributed by atoms with Crippen molar-refractivity contribution in [2.45, 2.75) is 97.8 Å². The maximum Gasteiger partial charge on any atom is 0.333 e. The van der Waals surface area contributed by atoms with Crippen molar-refractivity contribution in [2.24, 2.45) is 0 Å². The molecule has 0 fully saturated rings. The average molecular weight is 818 g/mol. The first-order valence-electron chi connectivity index (χ1n) is 23.0. The Kier molecular flexibility index (Phi) is 7.61. The lowest BCUT2D eigenvalue weighted by atomic mass is 9.43. The zero-order valence-electron chi connectivity index (χ0n) is 38.7. The second kappa shape index (κ2) is 12.5. The molecule has 3 aliphatic rings. The second-order valence-corrected chi connectivity index (χ2v) is 22.3. The summed E-state index contributed by atoms with van der Waals surface area (Å²) in [6.07, 6.45) is 0. The third-order valence-electron chi connectivity index (χ3n) is 14.9. The number of nitrogens with zero attached hydrogens (tertiary/aromatic N) is 3. The van der Waals surface area contributed by atoms with Crippen LogP contribution < -0.4 is 10.4 Å². The molecule has 0 saturated heterocycles. The number of benzene rings is 7. The average Bonchev–Trinajstić information content (AvgIpc) is 3.83. The fourth-order valence-corrected chi connectivity index (χ4v) is 11.6. The van der Waals surface area contributed by atoms with Gasteiger partial charge in [-0.2, -0.15) is 0 Å². The molecule has 0 atom stereocenters. The van der Waals surface area contributed by atoms with Crippen LogP contribution in [0.4, 0.5) is 11.4 Å². The summed E-state index contributed by atoms with van der Waals surface area (Å²) < 4.78 is 5.26. The van der Waals surface area contributed by atoms with Gasteiger partial charge in [-0.05, 0) is 121 Å². The maximum absolute atomic E-state index is 2.79. The summed E-state index contributed by atoms with van der Waals surface area (Å²) in [5.74, 6) is 0. The quantitative estimate of drug-likeness (QED) is 0.158. The number of allylic oxidation sites excluding steroid dienone is 1. The molecule has 0 radical (unpaired) electrons. The van der Waals surface area contributed by atoms with Gasteiger partial charge in [0.1, 0.15) is 0 Å². The zero-order valence-corrected chi connectivity index (χ0v) is 38.7. The van der Waals surface area contributed by atoms with E-state index in [-0.39, 0.29) is 28.5 Å². The van der Waals surface area contributed by atoms with E-state index in [1.165, 1.54) is 116 Å². The molecule has 1 aliphatic carbocycles. The zero-order chi connectivity index (χ0) is 43.7. The van der Waals surface area contributed by atoms with E-state index in [1.54, 1.807) is 0 Å². The first-order valence-corrected chi connectivity index (χ1v) is 23.0. The van der Waals surface area contributed by atoms with Gasteiger partial charge in [-0.3, -0.25) is 0 Å². The fourth-order valence-electron chi connectivity index (χ4n) is 11.6. The summed E-state index contributed by atoms with van der Waals surface area (Å²) in [6.45, 7) is 26.1. The standard InChI is InChI=1S/C59H56BN3/c1-56(2,3)35-25-27-39(28-26-35)62-51-32-37(58(7,8)9)29-44-46-31-36(57(4,5)6)30-45-43-33-49-42(40-21-16-18-24-48(40)61(49)38-19-13-12-14-20-38)34-50(43)63(54(45)46)60(52(44)51)53-41-22-15-17-23-47(41)59(10,11)55(53)62/h12-34H,1-11H3. The van der Waals surface area contributed by atoms with Crippen molar-refractivity contribution in [3.63, 3.8) is 0 Å². The molecule has 0 saturated carbocycles. The highest BCUT2D eigenvalue weighted by Gasteiger charge is 2.52. The van der Waals surface area contributed by atoms with Crippen LogP contribution in [0.3, 0.4) is 0 Å². The molecule has 0 spiro atoms. The molecule has 12 rings (SSSR count). The molecule has 2 aliphatic heterocycles. The number of aromatic nitrogens is 2. The van der Waals surface area contributed by atoms with E-state index in [0.717, 1.165) is 0 Å². The molecular weight excluding hydrogens is 761 g/mol. The van der Waals surface area contributed by atoms with E-state index in [1.807, 2.05) is 0 Å². The number of hydrogen-bond acceptors (Lipinski definition) is 1. The second-order valence-electron chi connectivity index (χ2n) is 22.3. The SMILES string of the molecule is CC(C)(C)c1ccc(N2C3=C(B4c5c(cc(C(C)(C)C)cc52)-c2cc(C(C)(C)C)cc5c6cc7c(cc6n4c25)c2ccccc2n7-c2ccccc2)c2ccccc2C3(C)C)cc1. The van der Waals surface area contributed by atoms with Crippen molar-refractivity contribution in [1.29, 1.82) is 0 Å². The van der Waals surface area contributed by atoms with Crippen LogP contribution in [-0.2, 0) is 21.7 Å². The first kappa shape index (κ1) is 38.4. The molecule has 7 aromatic carbocycles. The highest BCUT2D eigenvalue weighted by molar-refractivity contribution is 6.93. The van der Waals surface area contributed by atoms with Gasteiger partial charge >= 0.3 is 6.85 Å². The Labute approximate surface area is 372 Å². The third kappa shape index (κ3) is 5.21. The number of hydrogen-bond donors (Lipinski definition) is 0. The molecule has 9 aromatic rings. The third-order valence-corrected chi connectivity index (χ3v) is 14.9. The largest absolute Gasteiger partial charge is 0.375 e. The summed E-state index contributed by atoms with van der Waals surface area (Å²) in [7, 11) is 0. The van der Waals surface area contributed by atoms with Crippen molar-refractivity contribution < 1.29 is 0 Å². The minimum absolute atomic E-state index is 0.0417. The molecule has 0 N–H and O–H groups in total. The van der Waals surface area contributed by atoms with Crippen molar-refractivity contribution in [3.05, 3.63) is 173 Å².